The highest BCUT2D eigenvalue weighted by Crippen LogP contribution is 2.47. The van der Waals surface area contributed by atoms with Gasteiger partial charge in [0.15, 0.2) is 0 Å². The minimum absolute atomic E-state index is 0.0386. The van der Waals surface area contributed by atoms with Crippen LogP contribution >= 0.6 is 0 Å². The van der Waals surface area contributed by atoms with Gasteiger partial charge in [0.2, 0.25) is 0 Å². The van der Waals surface area contributed by atoms with Crippen LogP contribution in [0.3, 0.4) is 0 Å². The first kappa shape index (κ1) is 19.2. The molecule has 2 aromatic carbocycles. The minimum atomic E-state index is -2.64. The van der Waals surface area contributed by atoms with Gasteiger partial charge in [0, 0.05) is 24.4 Å². The van der Waals surface area contributed by atoms with Crippen LogP contribution in [-0.4, -0.2) is 22.8 Å². The standard InChI is InChI=1S/C21H32O2Si/c1-8-11-17(3)21(4,5)24(22-6,23-7)19-15-10-14-18-13-9-12-16(2)20(18)19/h9-10,12-15,17H,8,11H2,1-7H3. The fourth-order valence-electron chi connectivity index (χ4n) is 4.10. The zero-order chi connectivity index (χ0) is 18.0. The predicted molar refractivity (Wildman–Crippen MR) is 106 cm³/mol. The fraction of sp³-hybridized carbons (Fsp3) is 0.524. The third-order valence-corrected chi connectivity index (χ3v) is 10.3. The maximum atomic E-state index is 6.29. The maximum Gasteiger partial charge on any atom is 0.378 e. The molecule has 132 valence electrons. The van der Waals surface area contributed by atoms with Crippen LogP contribution in [0, 0.1) is 12.8 Å². The van der Waals surface area contributed by atoms with Gasteiger partial charge in [-0.25, -0.2) is 0 Å². The molecule has 0 heterocycles. The second-order valence-electron chi connectivity index (χ2n) is 7.41. The summed E-state index contributed by atoms with van der Waals surface area (Å²) in [4.78, 5) is 0. The highest BCUT2D eigenvalue weighted by Gasteiger charge is 2.55. The summed E-state index contributed by atoms with van der Waals surface area (Å²) in [6, 6.07) is 13.0. The van der Waals surface area contributed by atoms with Gasteiger partial charge >= 0.3 is 8.56 Å². The van der Waals surface area contributed by atoms with Crippen LogP contribution in [0.25, 0.3) is 10.8 Å². The van der Waals surface area contributed by atoms with Crippen molar-refractivity contribution in [3.63, 3.8) is 0 Å². The van der Waals surface area contributed by atoms with Crippen LogP contribution in [0.15, 0.2) is 36.4 Å². The molecule has 24 heavy (non-hydrogen) atoms. The van der Waals surface area contributed by atoms with Crippen molar-refractivity contribution in [1.29, 1.82) is 0 Å². The Labute approximate surface area is 148 Å². The summed E-state index contributed by atoms with van der Waals surface area (Å²) in [5, 5.41) is 3.78. The third kappa shape index (κ3) is 2.94. The van der Waals surface area contributed by atoms with Gasteiger partial charge in [0.1, 0.15) is 0 Å². The van der Waals surface area contributed by atoms with E-state index in [2.05, 4.69) is 71.0 Å². The Bertz CT molecular complexity index is 684. The highest BCUT2D eigenvalue weighted by molar-refractivity contribution is 6.85. The van der Waals surface area contributed by atoms with Crippen LogP contribution in [0.1, 0.15) is 46.1 Å². The van der Waals surface area contributed by atoms with Gasteiger partial charge in [-0.15, -0.1) is 0 Å². The molecule has 2 rings (SSSR count). The molecule has 0 aliphatic heterocycles. The summed E-state index contributed by atoms with van der Waals surface area (Å²) in [6.45, 7) is 11.4. The molecule has 0 bridgehead atoms. The smallest absolute Gasteiger partial charge is 0.378 e. The van der Waals surface area contributed by atoms with Gasteiger partial charge < -0.3 is 8.85 Å². The summed E-state index contributed by atoms with van der Waals surface area (Å²) in [5.74, 6) is 0.522. The third-order valence-electron chi connectivity index (χ3n) is 5.84. The first-order chi connectivity index (χ1) is 11.4. The number of hydrogen-bond acceptors (Lipinski definition) is 2. The molecule has 2 aromatic rings. The second kappa shape index (κ2) is 7.38. The summed E-state index contributed by atoms with van der Waals surface area (Å²) < 4.78 is 12.6. The van der Waals surface area contributed by atoms with E-state index in [1.165, 1.54) is 34.4 Å². The Balaban J connectivity index is 2.76. The monoisotopic (exact) mass is 344 g/mol. The van der Waals surface area contributed by atoms with Crippen LogP contribution in [-0.2, 0) is 8.85 Å². The normalized spacial score (nSPS) is 14.1. The molecule has 1 unspecified atom stereocenters. The molecule has 0 aliphatic rings. The van der Waals surface area contributed by atoms with Gasteiger partial charge in [-0.2, -0.15) is 0 Å². The number of aryl methyl sites for hydroxylation is 1. The molecule has 0 radical (unpaired) electrons. The molecule has 0 aliphatic carbocycles. The molecule has 1 atom stereocenters. The van der Waals surface area contributed by atoms with Crippen LogP contribution < -0.4 is 5.19 Å². The summed E-state index contributed by atoms with van der Waals surface area (Å²) in [7, 11) is 1.01. The SMILES string of the molecule is CCCC(C)C(C)(C)[Si](OC)(OC)c1cccc2cccc(C)c12. The van der Waals surface area contributed by atoms with Crippen LogP contribution in [0.5, 0.6) is 0 Å². The van der Waals surface area contributed by atoms with Crippen molar-refractivity contribution >= 4 is 24.5 Å². The van der Waals surface area contributed by atoms with E-state index >= 15 is 0 Å². The highest BCUT2D eigenvalue weighted by atomic mass is 28.4. The van der Waals surface area contributed by atoms with Crippen molar-refractivity contribution in [3.05, 3.63) is 42.0 Å². The van der Waals surface area contributed by atoms with Crippen molar-refractivity contribution in [2.45, 2.75) is 52.5 Å². The van der Waals surface area contributed by atoms with Crippen molar-refractivity contribution in [2.75, 3.05) is 14.2 Å². The van der Waals surface area contributed by atoms with E-state index in [1.807, 2.05) is 14.2 Å². The molecule has 0 N–H and O–H groups in total. The fourth-order valence-corrected chi connectivity index (χ4v) is 8.23. The Hall–Kier alpha value is -1.16. The van der Waals surface area contributed by atoms with Crippen molar-refractivity contribution in [3.8, 4) is 0 Å². The maximum absolute atomic E-state index is 6.29. The van der Waals surface area contributed by atoms with E-state index < -0.39 is 8.56 Å². The quantitative estimate of drug-likeness (QED) is 0.634. The zero-order valence-corrected chi connectivity index (χ0v) is 17.3. The summed E-state index contributed by atoms with van der Waals surface area (Å²) >= 11 is 0. The van der Waals surface area contributed by atoms with E-state index in [0.29, 0.717) is 5.92 Å². The lowest BCUT2D eigenvalue weighted by Gasteiger charge is -2.45. The van der Waals surface area contributed by atoms with E-state index in [4.69, 9.17) is 8.85 Å². The van der Waals surface area contributed by atoms with Crippen molar-refractivity contribution in [2.24, 2.45) is 5.92 Å². The molecule has 0 fully saturated rings. The first-order valence-corrected chi connectivity index (χ1v) is 10.8. The van der Waals surface area contributed by atoms with Gasteiger partial charge in [-0.1, -0.05) is 76.9 Å². The van der Waals surface area contributed by atoms with E-state index in [0.717, 1.165) is 0 Å². The molecular weight excluding hydrogens is 312 g/mol. The first-order valence-electron chi connectivity index (χ1n) is 8.94. The lowest BCUT2D eigenvalue weighted by atomic mass is 9.92. The Kier molecular flexibility index (Phi) is 5.90. The van der Waals surface area contributed by atoms with Crippen molar-refractivity contribution < 1.29 is 8.85 Å². The summed E-state index contributed by atoms with van der Waals surface area (Å²) in [5.41, 5.74) is 1.29. The van der Waals surface area contributed by atoms with Crippen LogP contribution in [0.2, 0.25) is 5.04 Å². The predicted octanol–water partition coefficient (Wildman–Crippen LogP) is 5.31. The van der Waals surface area contributed by atoms with Crippen LogP contribution in [0.4, 0.5) is 0 Å². The Morgan fingerprint density at radius 2 is 1.62 bits per heavy atom. The minimum Gasteiger partial charge on any atom is -0.394 e. The number of benzene rings is 2. The number of hydrogen-bond donors (Lipinski definition) is 0. The second-order valence-corrected chi connectivity index (χ2v) is 11.3. The number of rotatable bonds is 7. The van der Waals surface area contributed by atoms with Crippen molar-refractivity contribution in [1.82, 2.24) is 0 Å². The molecular formula is C21H32O2Si. The van der Waals surface area contributed by atoms with Gasteiger partial charge in [-0.3, -0.25) is 0 Å². The van der Waals surface area contributed by atoms with E-state index in [9.17, 15) is 0 Å². The molecule has 0 saturated carbocycles. The average molecular weight is 345 g/mol. The Morgan fingerprint density at radius 3 is 2.17 bits per heavy atom. The Morgan fingerprint density at radius 1 is 1.04 bits per heavy atom. The molecule has 2 nitrogen and oxygen atoms in total. The topological polar surface area (TPSA) is 18.5 Å². The largest absolute Gasteiger partial charge is 0.394 e. The molecule has 0 amide bonds. The number of fused-ring (bicyclic) bond motifs is 1. The summed E-state index contributed by atoms with van der Waals surface area (Å²) in [6.07, 6.45) is 2.36. The van der Waals surface area contributed by atoms with E-state index in [1.54, 1.807) is 0 Å². The van der Waals surface area contributed by atoms with E-state index in [-0.39, 0.29) is 5.04 Å². The van der Waals surface area contributed by atoms with Gasteiger partial charge in [0.05, 0.1) is 0 Å². The molecule has 0 aromatic heterocycles. The lowest BCUT2D eigenvalue weighted by Crippen LogP contribution is -2.62. The molecule has 0 saturated heterocycles. The van der Waals surface area contributed by atoms with Gasteiger partial charge in [0.25, 0.3) is 0 Å². The average Bonchev–Trinajstić information content (AvgIpc) is 2.56. The zero-order valence-electron chi connectivity index (χ0n) is 16.3. The lowest BCUT2D eigenvalue weighted by molar-refractivity contribution is 0.199. The molecule has 3 heteroatoms. The van der Waals surface area contributed by atoms with Gasteiger partial charge in [-0.05, 0) is 29.2 Å². The molecule has 0 spiro atoms.